The highest BCUT2D eigenvalue weighted by Crippen LogP contribution is 2.33. The number of amides is 3. The van der Waals surface area contributed by atoms with E-state index in [1.807, 2.05) is 30.3 Å². The predicted molar refractivity (Wildman–Crippen MR) is 142 cm³/mol. The zero-order valence-corrected chi connectivity index (χ0v) is 22.2. The molecule has 0 spiro atoms. The molecule has 0 heterocycles. The van der Waals surface area contributed by atoms with Crippen LogP contribution in [0.4, 0.5) is 17.6 Å². The first-order valence-corrected chi connectivity index (χ1v) is 12.8. The molecule has 0 aliphatic rings. The van der Waals surface area contributed by atoms with Crippen LogP contribution >= 0.6 is 0 Å². The van der Waals surface area contributed by atoms with E-state index in [9.17, 15) is 31.9 Å². The molecule has 8 N–H and O–H groups in total. The van der Waals surface area contributed by atoms with Crippen molar-refractivity contribution in [3.05, 3.63) is 71.0 Å². The summed E-state index contributed by atoms with van der Waals surface area (Å²) in [5.74, 6) is -3.28. The lowest BCUT2D eigenvalue weighted by Gasteiger charge is -2.25. The van der Waals surface area contributed by atoms with Crippen LogP contribution in [0.25, 0.3) is 0 Å². The van der Waals surface area contributed by atoms with Gasteiger partial charge in [-0.15, -0.1) is 0 Å². The van der Waals surface area contributed by atoms with Gasteiger partial charge in [-0.1, -0.05) is 36.4 Å². The Balaban J connectivity index is 2.16. The third-order valence-corrected chi connectivity index (χ3v) is 6.23. The fourth-order valence-electron chi connectivity index (χ4n) is 4.01. The van der Waals surface area contributed by atoms with Gasteiger partial charge in [0.1, 0.15) is 11.9 Å². The minimum atomic E-state index is -4.91. The molecule has 0 bridgehead atoms. The van der Waals surface area contributed by atoms with Crippen LogP contribution in [0.15, 0.2) is 48.5 Å². The van der Waals surface area contributed by atoms with E-state index in [4.69, 9.17) is 17.2 Å². The van der Waals surface area contributed by atoms with Crippen molar-refractivity contribution < 1.29 is 31.9 Å². The Morgan fingerprint density at radius 1 is 0.950 bits per heavy atom. The minimum Gasteiger partial charge on any atom is -0.348 e. The van der Waals surface area contributed by atoms with Crippen LogP contribution in [0.2, 0.25) is 0 Å². The van der Waals surface area contributed by atoms with Crippen LogP contribution in [0.3, 0.4) is 0 Å². The summed E-state index contributed by atoms with van der Waals surface area (Å²) < 4.78 is 53.2. The number of benzene rings is 2. The average molecular weight is 569 g/mol. The molecule has 9 nitrogen and oxygen atoms in total. The monoisotopic (exact) mass is 568 g/mol. The van der Waals surface area contributed by atoms with Crippen LogP contribution in [-0.2, 0) is 27.0 Å². The van der Waals surface area contributed by atoms with Gasteiger partial charge in [0.15, 0.2) is 0 Å². The van der Waals surface area contributed by atoms with Crippen molar-refractivity contribution in [3.8, 4) is 0 Å². The second kappa shape index (κ2) is 15.3. The maximum absolute atomic E-state index is 13.7. The number of aryl methyl sites for hydroxylation is 1. The quantitative estimate of drug-likeness (QED) is 0.218. The van der Waals surface area contributed by atoms with Crippen LogP contribution < -0.4 is 27.8 Å². The highest BCUT2D eigenvalue weighted by Gasteiger charge is 2.35. The largest absolute Gasteiger partial charge is 0.419 e. The minimum absolute atomic E-state index is 0.0254. The molecule has 40 heavy (non-hydrogen) atoms. The Morgan fingerprint density at radius 2 is 1.57 bits per heavy atom. The number of nitrogens with two attached hydrogens (primary N) is 3. The maximum Gasteiger partial charge on any atom is 0.419 e. The molecule has 3 amide bonds. The molecule has 0 radical (unpaired) electrons. The first kappa shape index (κ1) is 32.7. The van der Waals surface area contributed by atoms with E-state index < -0.39 is 53.4 Å². The van der Waals surface area contributed by atoms with Gasteiger partial charge in [0, 0.05) is 26.2 Å². The number of carbonyl (C=O) groups is 3. The molecule has 13 heteroatoms. The fourth-order valence-corrected chi connectivity index (χ4v) is 4.01. The summed E-state index contributed by atoms with van der Waals surface area (Å²) in [5.41, 5.74) is 16.5. The Bertz CT molecular complexity index is 1130. The van der Waals surface area contributed by atoms with Crippen molar-refractivity contribution in [2.24, 2.45) is 17.2 Å². The summed E-state index contributed by atoms with van der Waals surface area (Å²) in [5, 5.41) is 5.14. The number of nitrogens with one attached hydrogen (secondary N) is 2. The number of alkyl halides is 3. The molecule has 220 valence electrons. The van der Waals surface area contributed by atoms with Gasteiger partial charge in [-0.25, -0.2) is 4.39 Å². The van der Waals surface area contributed by atoms with Gasteiger partial charge < -0.3 is 32.7 Å². The maximum atomic E-state index is 13.7. The summed E-state index contributed by atoms with van der Waals surface area (Å²) in [6, 6.07) is 8.24. The molecule has 0 aromatic heterocycles. The zero-order valence-electron chi connectivity index (χ0n) is 22.2. The third kappa shape index (κ3) is 9.88. The molecule has 3 atom stereocenters. The van der Waals surface area contributed by atoms with Gasteiger partial charge in [-0.05, 0) is 43.0 Å². The van der Waals surface area contributed by atoms with Crippen molar-refractivity contribution in [3.63, 3.8) is 0 Å². The second-order valence-corrected chi connectivity index (χ2v) is 9.32. The van der Waals surface area contributed by atoms with Crippen molar-refractivity contribution in [1.82, 2.24) is 15.5 Å². The normalized spacial score (nSPS) is 13.7. The predicted octanol–water partition coefficient (Wildman–Crippen LogP) is 1.60. The molecule has 0 fully saturated rings. The molecule has 2 aromatic carbocycles. The molecule has 1 unspecified atom stereocenters. The van der Waals surface area contributed by atoms with E-state index in [0.717, 1.165) is 11.6 Å². The van der Waals surface area contributed by atoms with E-state index in [-0.39, 0.29) is 44.6 Å². The number of nitrogens with zero attached hydrogens (tertiary/aromatic N) is 1. The van der Waals surface area contributed by atoms with Crippen molar-refractivity contribution in [1.29, 1.82) is 0 Å². The standard InChI is InChI=1S/C27H36F4N6O3/c1-17(19-8-9-21(28)20(15-19)27(29,30)31)35-26(40)23(10-7-18-5-3-2-4-6-18)36-25(39)22(34)16-24(38)37(13-11-32)14-12-33/h2-6,8-9,15,17,22-23H,7,10-14,16,32-34H2,1H3,(H,35,40)(H,36,39)/t17?,22-,23-/m0/s1. The van der Waals surface area contributed by atoms with E-state index >= 15 is 0 Å². The highest BCUT2D eigenvalue weighted by molar-refractivity contribution is 5.92. The molecule has 2 aromatic rings. The molecular weight excluding hydrogens is 532 g/mol. The lowest BCUT2D eigenvalue weighted by atomic mass is 10.0. The Labute approximate surface area is 230 Å². The Morgan fingerprint density at radius 3 is 2.15 bits per heavy atom. The number of halogens is 4. The smallest absolute Gasteiger partial charge is 0.348 e. The van der Waals surface area contributed by atoms with Crippen LogP contribution in [0.1, 0.15) is 42.5 Å². The highest BCUT2D eigenvalue weighted by atomic mass is 19.4. The molecule has 0 saturated heterocycles. The summed E-state index contributed by atoms with van der Waals surface area (Å²) in [4.78, 5) is 40.0. The fraction of sp³-hybridized carbons (Fsp3) is 0.444. The van der Waals surface area contributed by atoms with Crippen LogP contribution in [0, 0.1) is 5.82 Å². The molecule has 0 saturated carbocycles. The van der Waals surface area contributed by atoms with Crippen molar-refractivity contribution >= 4 is 17.7 Å². The van der Waals surface area contributed by atoms with Gasteiger partial charge in [-0.2, -0.15) is 13.2 Å². The first-order chi connectivity index (χ1) is 18.9. The average Bonchev–Trinajstić information content (AvgIpc) is 2.90. The number of hydrogen-bond donors (Lipinski definition) is 5. The second-order valence-electron chi connectivity index (χ2n) is 9.32. The van der Waals surface area contributed by atoms with Crippen LogP contribution in [0.5, 0.6) is 0 Å². The number of hydrogen-bond acceptors (Lipinski definition) is 6. The molecule has 0 aliphatic heterocycles. The van der Waals surface area contributed by atoms with Gasteiger partial charge in [0.2, 0.25) is 17.7 Å². The zero-order chi connectivity index (χ0) is 29.9. The summed E-state index contributed by atoms with van der Waals surface area (Å²) >= 11 is 0. The first-order valence-electron chi connectivity index (χ1n) is 12.8. The van der Waals surface area contributed by atoms with E-state index in [1.165, 1.54) is 11.8 Å². The molecular formula is C27H36F4N6O3. The van der Waals surface area contributed by atoms with Crippen molar-refractivity contribution in [2.45, 2.75) is 50.5 Å². The van der Waals surface area contributed by atoms with E-state index in [2.05, 4.69) is 10.6 Å². The van der Waals surface area contributed by atoms with Gasteiger partial charge >= 0.3 is 6.18 Å². The topological polar surface area (TPSA) is 157 Å². The Kier molecular flexibility index (Phi) is 12.5. The summed E-state index contributed by atoms with van der Waals surface area (Å²) in [7, 11) is 0. The van der Waals surface area contributed by atoms with Gasteiger partial charge in [0.25, 0.3) is 0 Å². The lowest BCUT2D eigenvalue weighted by Crippen LogP contribution is -2.53. The number of carbonyl (C=O) groups excluding carboxylic acids is 3. The van der Waals surface area contributed by atoms with Crippen LogP contribution in [-0.4, -0.2) is 60.9 Å². The lowest BCUT2D eigenvalue weighted by molar-refractivity contribution is -0.140. The summed E-state index contributed by atoms with van der Waals surface area (Å²) in [6.07, 6.45) is -4.73. The van der Waals surface area contributed by atoms with Crippen molar-refractivity contribution in [2.75, 3.05) is 26.2 Å². The Hall–Kier alpha value is -3.55. The van der Waals surface area contributed by atoms with Gasteiger partial charge in [-0.3, -0.25) is 14.4 Å². The van der Waals surface area contributed by atoms with E-state index in [1.54, 1.807) is 0 Å². The molecule has 2 rings (SSSR count). The third-order valence-electron chi connectivity index (χ3n) is 6.23. The van der Waals surface area contributed by atoms with E-state index in [0.29, 0.717) is 18.6 Å². The van der Waals surface area contributed by atoms with Gasteiger partial charge in [0.05, 0.1) is 24.1 Å². The molecule has 0 aliphatic carbocycles. The summed E-state index contributed by atoms with van der Waals surface area (Å²) in [6.45, 7) is 2.32. The number of rotatable bonds is 14. The SMILES string of the molecule is CC(NC(=O)[C@H](CCc1ccccc1)NC(=O)[C@@H](N)CC(=O)N(CCN)CCN)c1ccc(F)c(C(F)(F)F)c1.